The maximum absolute atomic E-state index is 2.59. The quantitative estimate of drug-likeness (QED) is 0.355. The molecule has 162 valence electrons. The Bertz CT molecular complexity index is 537. The zero-order chi connectivity index (χ0) is 21.5. The smallest absolute Gasteiger partial charge is 0.0111 e. The molecule has 0 N–H and O–H groups in total. The van der Waals surface area contributed by atoms with E-state index >= 15 is 0 Å². The summed E-state index contributed by atoms with van der Waals surface area (Å²) in [5.74, 6) is 2.92. The Hall–Kier alpha value is -0.780. The molecular weight excluding hydrogens is 336 g/mol. The summed E-state index contributed by atoms with van der Waals surface area (Å²) in [6, 6.07) is 5.18. The molecule has 0 spiro atoms. The van der Waals surface area contributed by atoms with Crippen LogP contribution in [0.3, 0.4) is 0 Å². The lowest BCUT2D eigenvalue weighted by atomic mass is 9.71. The summed E-state index contributed by atoms with van der Waals surface area (Å²) in [5, 5.41) is 0. The summed E-state index contributed by atoms with van der Waals surface area (Å²) in [4.78, 5) is 0. The highest BCUT2D eigenvalue weighted by molar-refractivity contribution is 5.41. The van der Waals surface area contributed by atoms with Crippen molar-refractivity contribution in [3.8, 4) is 0 Å². The van der Waals surface area contributed by atoms with Gasteiger partial charge in [0.15, 0.2) is 0 Å². The van der Waals surface area contributed by atoms with Crippen LogP contribution in [-0.4, -0.2) is 0 Å². The fourth-order valence-electron chi connectivity index (χ4n) is 4.89. The van der Waals surface area contributed by atoms with Crippen molar-refractivity contribution in [3.63, 3.8) is 0 Å². The van der Waals surface area contributed by atoms with Gasteiger partial charge in [-0.2, -0.15) is 0 Å². The topological polar surface area (TPSA) is 0 Å². The van der Waals surface area contributed by atoms with Crippen molar-refractivity contribution in [3.05, 3.63) is 34.4 Å². The number of benzene rings is 1. The molecule has 0 amide bonds. The van der Waals surface area contributed by atoms with Gasteiger partial charge in [0.25, 0.3) is 0 Å². The van der Waals surface area contributed by atoms with E-state index in [4.69, 9.17) is 0 Å². The first kappa shape index (κ1) is 25.3. The molecule has 0 aliphatic carbocycles. The highest BCUT2D eigenvalue weighted by Gasteiger charge is 2.28. The summed E-state index contributed by atoms with van der Waals surface area (Å²) >= 11 is 0. The van der Waals surface area contributed by atoms with E-state index in [0.717, 1.165) is 17.8 Å². The van der Waals surface area contributed by atoms with Crippen molar-refractivity contribution < 1.29 is 0 Å². The third-order valence-corrected chi connectivity index (χ3v) is 6.50. The van der Waals surface area contributed by atoms with Crippen LogP contribution >= 0.6 is 0 Å². The van der Waals surface area contributed by atoms with E-state index in [1.807, 2.05) is 0 Å². The van der Waals surface area contributed by atoms with Gasteiger partial charge in [-0.3, -0.25) is 0 Å². The summed E-state index contributed by atoms with van der Waals surface area (Å²) in [5.41, 5.74) is 6.72. The Morgan fingerprint density at radius 3 is 1.54 bits per heavy atom. The van der Waals surface area contributed by atoms with Crippen molar-refractivity contribution in [1.29, 1.82) is 0 Å². The maximum atomic E-state index is 2.59. The maximum Gasteiger partial charge on any atom is -0.0111 e. The van der Waals surface area contributed by atoms with E-state index in [1.54, 1.807) is 22.3 Å². The predicted molar refractivity (Wildman–Crippen MR) is 128 cm³/mol. The molecule has 0 saturated carbocycles. The molecule has 1 aromatic carbocycles. The van der Waals surface area contributed by atoms with Crippen LogP contribution in [0.1, 0.15) is 123 Å². The van der Waals surface area contributed by atoms with Gasteiger partial charge < -0.3 is 0 Å². The zero-order valence-corrected chi connectivity index (χ0v) is 20.9. The third kappa shape index (κ3) is 7.92. The van der Waals surface area contributed by atoms with Gasteiger partial charge >= 0.3 is 0 Å². The van der Waals surface area contributed by atoms with Gasteiger partial charge in [-0.15, -0.1) is 0 Å². The molecule has 0 radical (unpaired) electrons. The summed E-state index contributed by atoms with van der Waals surface area (Å²) in [6.45, 7) is 23.9. The summed E-state index contributed by atoms with van der Waals surface area (Å²) < 4.78 is 0. The molecular formula is C28H50. The molecule has 0 bridgehead atoms. The lowest BCUT2D eigenvalue weighted by Gasteiger charge is -2.34. The van der Waals surface area contributed by atoms with Crippen LogP contribution in [0.2, 0.25) is 0 Å². The van der Waals surface area contributed by atoms with Crippen LogP contribution in [0.25, 0.3) is 0 Å². The van der Waals surface area contributed by atoms with Crippen LogP contribution in [-0.2, 0) is 12.8 Å². The van der Waals surface area contributed by atoms with Gasteiger partial charge in [-0.25, -0.2) is 0 Å². The van der Waals surface area contributed by atoms with Gasteiger partial charge in [-0.1, -0.05) is 100 Å². The minimum absolute atomic E-state index is 0.304. The van der Waals surface area contributed by atoms with Crippen LogP contribution < -0.4 is 0 Å². The van der Waals surface area contributed by atoms with Crippen molar-refractivity contribution >= 4 is 0 Å². The first-order valence-corrected chi connectivity index (χ1v) is 12.1. The fourth-order valence-corrected chi connectivity index (χ4v) is 4.89. The molecule has 0 nitrogen and oxygen atoms in total. The molecule has 0 saturated heterocycles. The third-order valence-electron chi connectivity index (χ3n) is 6.50. The Kier molecular flexibility index (Phi) is 10.3. The van der Waals surface area contributed by atoms with E-state index in [2.05, 4.69) is 81.4 Å². The van der Waals surface area contributed by atoms with Gasteiger partial charge in [0.1, 0.15) is 0 Å². The largest absolute Gasteiger partial charge is 0.0654 e. The van der Waals surface area contributed by atoms with E-state index in [9.17, 15) is 0 Å². The Morgan fingerprint density at radius 2 is 1.21 bits per heavy atom. The number of rotatable bonds is 11. The summed E-state index contributed by atoms with van der Waals surface area (Å²) in [6.07, 6.45) is 9.00. The van der Waals surface area contributed by atoms with Crippen molar-refractivity contribution in [2.24, 2.45) is 23.2 Å². The van der Waals surface area contributed by atoms with Gasteiger partial charge in [0.2, 0.25) is 0 Å². The highest BCUT2D eigenvalue weighted by Crippen LogP contribution is 2.41. The SMILES string of the molecule is CCCC(C)Cc1cc(C(CC(C)C)C(C)(C)C)cc(CC(C)CCC)c1C. The van der Waals surface area contributed by atoms with Crippen LogP contribution in [0.5, 0.6) is 0 Å². The summed E-state index contributed by atoms with van der Waals surface area (Å²) in [7, 11) is 0. The lowest BCUT2D eigenvalue weighted by Crippen LogP contribution is -2.21. The molecule has 28 heavy (non-hydrogen) atoms. The van der Waals surface area contributed by atoms with E-state index in [0.29, 0.717) is 11.3 Å². The minimum Gasteiger partial charge on any atom is -0.0654 e. The molecule has 0 heterocycles. The van der Waals surface area contributed by atoms with Gasteiger partial charge in [-0.05, 0) is 77.5 Å². The fraction of sp³-hybridized carbons (Fsp3) is 0.786. The zero-order valence-electron chi connectivity index (χ0n) is 20.9. The first-order chi connectivity index (χ1) is 13.0. The van der Waals surface area contributed by atoms with Crippen LogP contribution in [0.15, 0.2) is 12.1 Å². The molecule has 0 aliphatic heterocycles. The second-order valence-corrected chi connectivity index (χ2v) is 11.2. The molecule has 3 atom stereocenters. The molecule has 1 aromatic rings. The average molecular weight is 387 g/mol. The van der Waals surface area contributed by atoms with Crippen molar-refractivity contribution in [1.82, 2.24) is 0 Å². The molecule has 0 aromatic heterocycles. The first-order valence-electron chi connectivity index (χ1n) is 12.1. The second-order valence-electron chi connectivity index (χ2n) is 11.2. The van der Waals surface area contributed by atoms with Crippen molar-refractivity contribution in [2.75, 3.05) is 0 Å². The molecule has 1 rings (SSSR count). The van der Waals surface area contributed by atoms with Gasteiger partial charge in [0.05, 0.1) is 0 Å². The molecule has 0 aliphatic rings. The monoisotopic (exact) mass is 386 g/mol. The van der Waals surface area contributed by atoms with Crippen molar-refractivity contribution in [2.45, 2.75) is 120 Å². The number of hydrogen-bond acceptors (Lipinski definition) is 0. The van der Waals surface area contributed by atoms with Crippen LogP contribution in [0.4, 0.5) is 0 Å². The predicted octanol–water partition coefficient (Wildman–Crippen LogP) is 9.13. The lowest BCUT2D eigenvalue weighted by molar-refractivity contribution is 0.279. The van der Waals surface area contributed by atoms with E-state index < -0.39 is 0 Å². The Balaban J connectivity index is 3.40. The Labute approximate surface area is 177 Å². The minimum atomic E-state index is 0.304. The van der Waals surface area contributed by atoms with Gasteiger partial charge in [0, 0.05) is 0 Å². The van der Waals surface area contributed by atoms with E-state index in [1.165, 1.54) is 44.9 Å². The molecule has 0 fully saturated rings. The molecule has 3 unspecified atom stereocenters. The standard InChI is InChI=1S/C28H50/c1-11-13-21(5)16-24-18-26(27(15-20(3)4)28(8,9)10)19-25(23(24)7)17-22(6)14-12-2/h18-22,27H,11-17H2,1-10H3. The van der Waals surface area contributed by atoms with E-state index in [-0.39, 0.29) is 0 Å². The average Bonchev–Trinajstić information content (AvgIpc) is 2.55. The number of hydrogen-bond donors (Lipinski definition) is 0. The Morgan fingerprint density at radius 1 is 0.786 bits per heavy atom. The molecule has 0 heteroatoms. The second kappa shape index (κ2) is 11.4. The normalized spacial score (nSPS) is 15.7. The van der Waals surface area contributed by atoms with Crippen LogP contribution in [0, 0.1) is 30.1 Å². The highest BCUT2D eigenvalue weighted by atomic mass is 14.3.